The van der Waals surface area contributed by atoms with Gasteiger partial charge in [-0.15, -0.1) is 0 Å². The first-order valence-electron chi connectivity index (χ1n) is 7.54. The van der Waals surface area contributed by atoms with Gasteiger partial charge in [-0.3, -0.25) is 9.10 Å². The van der Waals surface area contributed by atoms with Crippen LogP contribution in [0.2, 0.25) is 0 Å². The van der Waals surface area contributed by atoms with Crippen LogP contribution in [0.1, 0.15) is 0 Å². The largest absolute Gasteiger partial charge is 0.484 e. The second-order valence-corrected chi connectivity index (χ2v) is 7.17. The first-order valence-corrected chi connectivity index (χ1v) is 9.39. The van der Waals surface area contributed by atoms with Gasteiger partial charge in [0.25, 0.3) is 5.91 Å². The minimum absolute atomic E-state index is 0.0293. The van der Waals surface area contributed by atoms with Crippen molar-refractivity contribution < 1.29 is 22.3 Å². The lowest BCUT2D eigenvalue weighted by atomic mass is 10.3. The zero-order valence-corrected chi connectivity index (χ0v) is 14.5. The average molecular weight is 366 g/mol. The maximum Gasteiger partial charge on any atom is 0.258 e. The number of anilines is 1. The van der Waals surface area contributed by atoms with Crippen LogP contribution in [0.4, 0.5) is 10.1 Å². The van der Waals surface area contributed by atoms with Gasteiger partial charge in [-0.1, -0.05) is 18.2 Å². The fourth-order valence-corrected chi connectivity index (χ4v) is 3.03. The highest BCUT2D eigenvalue weighted by Gasteiger charge is 2.17. The molecule has 0 spiro atoms. The molecule has 0 saturated carbocycles. The highest BCUT2D eigenvalue weighted by molar-refractivity contribution is 7.92. The van der Waals surface area contributed by atoms with Crippen molar-refractivity contribution >= 4 is 21.6 Å². The second kappa shape index (κ2) is 8.48. The molecular weight excluding hydrogens is 347 g/mol. The molecule has 1 N–H and O–H groups in total. The van der Waals surface area contributed by atoms with E-state index in [-0.39, 0.29) is 25.6 Å². The lowest BCUT2D eigenvalue weighted by Crippen LogP contribution is -2.39. The Morgan fingerprint density at radius 1 is 1.12 bits per heavy atom. The first-order chi connectivity index (χ1) is 11.9. The Bertz CT molecular complexity index is 795. The summed E-state index contributed by atoms with van der Waals surface area (Å²) in [5.74, 6) is -0.248. The third-order valence-electron chi connectivity index (χ3n) is 3.27. The maximum atomic E-state index is 13.0. The topological polar surface area (TPSA) is 75.7 Å². The lowest BCUT2D eigenvalue weighted by molar-refractivity contribution is -0.123. The molecule has 0 fully saturated rings. The molecule has 0 saturated heterocycles. The summed E-state index contributed by atoms with van der Waals surface area (Å²) in [6.07, 6.45) is 1.05. The predicted molar refractivity (Wildman–Crippen MR) is 93.5 cm³/mol. The highest BCUT2D eigenvalue weighted by atomic mass is 32.2. The Balaban J connectivity index is 1.86. The van der Waals surface area contributed by atoms with Gasteiger partial charge < -0.3 is 10.1 Å². The molecule has 0 unspecified atom stereocenters. The molecule has 0 bridgehead atoms. The smallest absolute Gasteiger partial charge is 0.258 e. The van der Waals surface area contributed by atoms with E-state index in [9.17, 15) is 17.6 Å². The van der Waals surface area contributed by atoms with E-state index in [0.717, 1.165) is 10.6 Å². The molecule has 1 amide bonds. The van der Waals surface area contributed by atoms with Crippen LogP contribution in [-0.2, 0) is 14.8 Å². The number of carbonyl (C=O) groups excluding carboxylic acids is 1. The summed E-state index contributed by atoms with van der Waals surface area (Å²) in [5, 5.41) is 2.59. The molecule has 2 aromatic rings. The van der Waals surface area contributed by atoms with Gasteiger partial charge in [0.05, 0.1) is 18.5 Å². The molecular formula is C17H19FN2O4S. The van der Waals surface area contributed by atoms with Gasteiger partial charge in [0.1, 0.15) is 11.6 Å². The average Bonchev–Trinajstić information content (AvgIpc) is 2.58. The van der Waals surface area contributed by atoms with E-state index in [1.807, 2.05) is 6.07 Å². The van der Waals surface area contributed by atoms with Crippen molar-refractivity contribution in [3.63, 3.8) is 0 Å². The minimum atomic E-state index is -3.56. The van der Waals surface area contributed by atoms with Crippen molar-refractivity contribution in [2.75, 3.05) is 30.3 Å². The summed E-state index contributed by atoms with van der Waals surface area (Å²) in [5.41, 5.74) is 0.332. The maximum absolute atomic E-state index is 13.0. The third kappa shape index (κ3) is 6.07. The SMILES string of the molecule is CS(=O)(=O)N(CCNC(=O)COc1ccccc1)c1ccc(F)cc1. The Labute approximate surface area is 146 Å². The number of benzene rings is 2. The number of nitrogens with one attached hydrogen (secondary N) is 1. The van der Waals surface area contributed by atoms with E-state index in [0.29, 0.717) is 11.4 Å². The van der Waals surface area contributed by atoms with Crippen molar-refractivity contribution in [2.24, 2.45) is 0 Å². The van der Waals surface area contributed by atoms with Crippen molar-refractivity contribution in [3.8, 4) is 5.75 Å². The lowest BCUT2D eigenvalue weighted by Gasteiger charge is -2.22. The molecule has 0 aliphatic carbocycles. The van der Waals surface area contributed by atoms with E-state index in [1.165, 1.54) is 24.3 Å². The van der Waals surface area contributed by atoms with Crippen LogP contribution < -0.4 is 14.4 Å². The molecule has 6 nitrogen and oxygen atoms in total. The van der Waals surface area contributed by atoms with E-state index in [4.69, 9.17) is 4.74 Å². The molecule has 8 heteroatoms. The molecule has 2 aromatic carbocycles. The zero-order chi connectivity index (χ0) is 18.3. The fraction of sp³-hybridized carbons (Fsp3) is 0.235. The monoisotopic (exact) mass is 366 g/mol. The van der Waals surface area contributed by atoms with Crippen LogP contribution >= 0.6 is 0 Å². The molecule has 0 radical (unpaired) electrons. The Morgan fingerprint density at radius 3 is 2.36 bits per heavy atom. The predicted octanol–water partition coefficient (Wildman–Crippen LogP) is 1.79. The van der Waals surface area contributed by atoms with Gasteiger partial charge in [0, 0.05) is 6.54 Å². The number of rotatable bonds is 8. The molecule has 0 atom stereocenters. The van der Waals surface area contributed by atoms with Gasteiger partial charge in [0.2, 0.25) is 10.0 Å². The highest BCUT2D eigenvalue weighted by Crippen LogP contribution is 2.17. The third-order valence-corrected chi connectivity index (χ3v) is 4.46. The normalized spacial score (nSPS) is 11.0. The summed E-state index contributed by atoms with van der Waals surface area (Å²) in [7, 11) is -3.56. The number of halogens is 1. The molecule has 0 aliphatic heterocycles. The van der Waals surface area contributed by atoms with Crippen molar-refractivity contribution in [2.45, 2.75) is 0 Å². The molecule has 134 valence electrons. The van der Waals surface area contributed by atoms with Crippen molar-refractivity contribution in [1.82, 2.24) is 5.32 Å². The van der Waals surface area contributed by atoms with Crippen LogP contribution in [0.25, 0.3) is 0 Å². The standard InChI is InChI=1S/C17H19FN2O4S/c1-25(22,23)20(15-9-7-14(18)8-10-15)12-11-19-17(21)13-24-16-5-3-2-4-6-16/h2-10H,11-13H2,1H3,(H,19,21). The molecule has 2 rings (SSSR count). The molecule has 0 heterocycles. The number of ether oxygens (including phenoxy) is 1. The van der Waals surface area contributed by atoms with Crippen molar-refractivity contribution in [1.29, 1.82) is 0 Å². The number of carbonyl (C=O) groups is 1. The van der Waals surface area contributed by atoms with Crippen LogP contribution in [-0.4, -0.2) is 40.3 Å². The first kappa shape index (κ1) is 18.7. The fourth-order valence-electron chi connectivity index (χ4n) is 2.11. The van der Waals surface area contributed by atoms with Gasteiger partial charge in [0.15, 0.2) is 6.61 Å². The van der Waals surface area contributed by atoms with Crippen LogP contribution in [0.3, 0.4) is 0 Å². The molecule has 0 aromatic heterocycles. The van der Waals surface area contributed by atoms with Crippen molar-refractivity contribution in [3.05, 3.63) is 60.4 Å². The number of sulfonamides is 1. The van der Waals surface area contributed by atoms with Crippen LogP contribution in [0.5, 0.6) is 5.75 Å². The summed E-state index contributed by atoms with van der Waals surface area (Å²) < 4.78 is 43.2. The quantitative estimate of drug-likeness (QED) is 0.773. The van der Waals surface area contributed by atoms with E-state index in [2.05, 4.69) is 5.32 Å². The van der Waals surface area contributed by atoms with E-state index in [1.54, 1.807) is 24.3 Å². The summed E-state index contributed by atoms with van der Waals surface area (Å²) in [6, 6.07) is 14.0. The summed E-state index contributed by atoms with van der Waals surface area (Å²) in [4.78, 5) is 11.8. The molecule has 0 aliphatic rings. The van der Waals surface area contributed by atoms with Gasteiger partial charge >= 0.3 is 0 Å². The van der Waals surface area contributed by atoms with Crippen LogP contribution in [0, 0.1) is 5.82 Å². The van der Waals surface area contributed by atoms with Gasteiger partial charge in [-0.05, 0) is 36.4 Å². The number of hydrogen-bond donors (Lipinski definition) is 1. The number of nitrogens with zero attached hydrogens (tertiary/aromatic N) is 1. The second-order valence-electron chi connectivity index (χ2n) is 5.26. The summed E-state index contributed by atoms with van der Waals surface area (Å²) >= 11 is 0. The zero-order valence-electron chi connectivity index (χ0n) is 13.7. The number of para-hydroxylation sites is 1. The van der Waals surface area contributed by atoms with Crippen LogP contribution in [0.15, 0.2) is 54.6 Å². The Kier molecular flexibility index (Phi) is 6.35. The van der Waals surface area contributed by atoms with E-state index < -0.39 is 15.8 Å². The Morgan fingerprint density at radius 2 is 1.76 bits per heavy atom. The van der Waals surface area contributed by atoms with Gasteiger partial charge in [-0.25, -0.2) is 12.8 Å². The Hall–Kier alpha value is -2.61. The molecule has 25 heavy (non-hydrogen) atoms. The summed E-state index contributed by atoms with van der Waals surface area (Å²) in [6.45, 7) is -0.0393. The van der Waals surface area contributed by atoms with E-state index >= 15 is 0 Å². The number of hydrogen-bond acceptors (Lipinski definition) is 4. The minimum Gasteiger partial charge on any atom is -0.484 e. The van der Waals surface area contributed by atoms with Gasteiger partial charge in [-0.2, -0.15) is 0 Å². The number of amides is 1.